The number of carbonyl (C=O) groups is 7. The molecule has 3 amide bonds. The minimum absolute atomic E-state index is 0.000554. The first kappa shape index (κ1) is 37.6. The normalized spacial score (nSPS) is 9.64. The molecule has 0 aliphatic rings. The smallest absolute Gasteiger partial charge is 0.337 e. The number of para-hydroxylation sites is 2. The van der Waals surface area contributed by atoms with Crippen molar-refractivity contribution in [1.29, 1.82) is 0 Å². The fraction of sp³-hybridized carbons (Fsp3) is 0.265. The monoisotopic (exact) mass is 617 g/mol. The van der Waals surface area contributed by atoms with E-state index in [9.17, 15) is 33.6 Å². The van der Waals surface area contributed by atoms with E-state index in [1.807, 2.05) is 63.2 Å². The molecule has 11 heteroatoms. The number of anilines is 3. The summed E-state index contributed by atoms with van der Waals surface area (Å²) < 4.78 is 0. The van der Waals surface area contributed by atoms with Crippen molar-refractivity contribution in [2.45, 2.75) is 60.8 Å². The number of aromatic carboxylic acids is 1. The number of carbonyl (C=O) groups excluding carboxylic acids is 6. The zero-order valence-corrected chi connectivity index (χ0v) is 26.3. The lowest BCUT2D eigenvalue weighted by atomic mass is 10.1. The van der Waals surface area contributed by atoms with Crippen molar-refractivity contribution >= 4 is 58.1 Å². The summed E-state index contributed by atoms with van der Waals surface area (Å²) in [4.78, 5) is 76.7. The molecule has 11 nitrogen and oxygen atoms in total. The van der Waals surface area contributed by atoms with Crippen molar-refractivity contribution in [3.8, 4) is 0 Å². The number of hydrogen-bond donors (Lipinski definition) is 4. The molecule has 0 atom stereocenters. The summed E-state index contributed by atoms with van der Waals surface area (Å²) in [5.74, 6) is -2.68. The summed E-state index contributed by atoms with van der Waals surface area (Å²) in [6, 6.07) is 19.2. The summed E-state index contributed by atoms with van der Waals surface area (Å²) >= 11 is 0. The molecule has 0 spiro atoms. The average molecular weight is 618 g/mol. The lowest BCUT2D eigenvalue weighted by Gasteiger charge is -2.07. The largest absolute Gasteiger partial charge is 0.478 e. The maximum atomic E-state index is 11.3. The Kier molecular flexibility index (Phi) is 15.8. The maximum absolute atomic E-state index is 11.3. The second-order valence-electron chi connectivity index (χ2n) is 10.3. The molecule has 45 heavy (non-hydrogen) atoms. The molecule has 238 valence electrons. The van der Waals surface area contributed by atoms with Crippen LogP contribution in [0.3, 0.4) is 0 Å². The summed E-state index contributed by atoms with van der Waals surface area (Å²) in [7, 11) is 0. The highest BCUT2D eigenvalue weighted by molar-refractivity contribution is 6.07. The molecule has 0 heterocycles. The third-order valence-corrected chi connectivity index (χ3v) is 5.74. The van der Waals surface area contributed by atoms with E-state index >= 15 is 0 Å². The minimum Gasteiger partial charge on any atom is -0.478 e. The van der Waals surface area contributed by atoms with E-state index in [1.54, 1.807) is 12.1 Å². The van der Waals surface area contributed by atoms with Gasteiger partial charge in [0.1, 0.15) is 17.3 Å². The molecule has 0 aliphatic carbocycles. The molecule has 0 radical (unpaired) electrons. The Hall–Kier alpha value is -5.45. The molecule has 3 aromatic rings. The lowest BCUT2D eigenvalue weighted by Crippen LogP contribution is -2.16. The van der Waals surface area contributed by atoms with Crippen LogP contribution in [0.4, 0.5) is 17.1 Å². The van der Waals surface area contributed by atoms with Gasteiger partial charge in [-0.1, -0.05) is 48.0 Å². The van der Waals surface area contributed by atoms with Gasteiger partial charge in [-0.2, -0.15) is 0 Å². The van der Waals surface area contributed by atoms with Gasteiger partial charge in [0.15, 0.2) is 0 Å². The number of carboxylic acids is 1. The number of benzene rings is 3. The number of ketones is 3. The Morgan fingerprint density at radius 3 is 1.36 bits per heavy atom. The number of carboxylic acid groups (broad SMARTS) is 1. The number of nitrogens with one attached hydrogen (secondary N) is 3. The zero-order chi connectivity index (χ0) is 34.1. The van der Waals surface area contributed by atoms with Crippen LogP contribution in [-0.2, 0) is 28.8 Å². The van der Waals surface area contributed by atoms with Crippen molar-refractivity contribution in [2.24, 2.45) is 0 Å². The third-order valence-electron chi connectivity index (χ3n) is 5.74. The highest BCUT2D eigenvalue weighted by atomic mass is 16.4. The van der Waals surface area contributed by atoms with Crippen molar-refractivity contribution in [2.75, 3.05) is 16.0 Å². The predicted molar refractivity (Wildman–Crippen MR) is 172 cm³/mol. The molecule has 0 aliphatic heterocycles. The van der Waals surface area contributed by atoms with Gasteiger partial charge in [0.2, 0.25) is 17.7 Å². The van der Waals surface area contributed by atoms with Crippen LogP contribution >= 0.6 is 0 Å². The Morgan fingerprint density at radius 2 is 0.933 bits per heavy atom. The molecule has 4 N–H and O–H groups in total. The van der Waals surface area contributed by atoms with Crippen LogP contribution < -0.4 is 16.0 Å². The highest BCUT2D eigenvalue weighted by Gasteiger charge is 2.12. The first-order chi connectivity index (χ1) is 21.1. The van der Waals surface area contributed by atoms with Gasteiger partial charge in [0, 0.05) is 11.4 Å². The van der Waals surface area contributed by atoms with Crippen molar-refractivity contribution < 1.29 is 38.7 Å². The molecule has 3 rings (SSSR count). The Balaban J connectivity index is 0.000000338. The number of Topliss-reactive ketones (excluding diaryl/α,β-unsaturated/α-hetero) is 3. The summed E-state index contributed by atoms with van der Waals surface area (Å²) in [6.07, 6.45) is -0.379. The van der Waals surface area contributed by atoms with Crippen LogP contribution in [0.2, 0.25) is 0 Å². The molecule has 3 aromatic carbocycles. The molecule has 0 bridgehead atoms. The molecular formula is C34H39N3O8. The fourth-order valence-corrected chi connectivity index (χ4v) is 3.71. The van der Waals surface area contributed by atoms with Crippen LogP contribution in [0.1, 0.15) is 67.1 Å². The second-order valence-corrected chi connectivity index (χ2v) is 10.3. The molecular weight excluding hydrogens is 578 g/mol. The topological polar surface area (TPSA) is 176 Å². The standard InChI is InChI=1S/C12H15NO2.C11H11NO4.C11H13NO2/c1-8-4-5-11(9(2)6-8)13-12(15)7-10(3)14;1-7(13)6-10(14)12-9-5-3-2-4-8(9)11(15)16;1-8-5-3-4-6-10(8)12-11(14)7-9(2)13/h4-6H,7H2,1-3H3,(H,13,15);2-5H,6H2,1H3,(H,12,14)(H,15,16);3-6H,7H2,1-2H3,(H,12,14). The predicted octanol–water partition coefficient (Wildman–Crippen LogP) is 5.44. The van der Waals surface area contributed by atoms with Crippen LogP contribution in [0.5, 0.6) is 0 Å². The van der Waals surface area contributed by atoms with Gasteiger partial charge >= 0.3 is 5.97 Å². The number of hydrogen-bond acceptors (Lipinski definition) is 7. The van der Waals surface area contributed by atoms with Crippen LogP contribution in [0.15, 0.2) is 66.7 Å². The Morgan fingerprint density at radius 1 is 0.533 bits per heavy atom. The van der Waals surface area contributed by atoms with Crippen molar-refractivity contribution in [1.82, 2.24) is 0 Å². The quantitative estimate of drug-likeness (QED) is 0.218. The molecule has 0 fully saturated rings. The Labute approximate surface area is 262 Å². The van der Waals surface area contributed by atoms with Gasteiger partial charge in [-0.15, -0.1) is 0 Å². The Bertz CT molecular complexity index is 1560. The van der Waals surface area contributed by atoms with Crippen molar-refractivity contribution in [3.63, 3.8) is 0 Å². The average Bonchev–Trinajstić information content (AvgIpc) is 2.91. The number of amides is 3. The first-order valence-electron chi connectivity index (χ1n) is 13.9. The van der Waals surface area contributed by atoms with E-state index in [1.165, 1.54) is 32.9 Å². The lowest BCUT2D eigenvalue weighted by molar-refractivity contribution is -0.125. The van der Waals surface area contributed by atoms with Crippen LogP contribution in [0.25, 0.3) is 0 Å². The van der Waals surface area contributed by atoms with Crippen LogP contribution in [-0.4, -0.2) is 46.1 Å². The SMILES string of the molecule is CC(=O)CC(=O)Nc1ccc(C)cc1C.CC(=O)CC(=O)Nc1ccccc1C.CC(=O)CC(=O)Nc1ccccc1C(=O)O. The number of rotatable bonds is 10. The minimum atomic E-state index is -1.13. The third kappa shape index (κ3) is 15.5. The van der Waals surface area contributed by atoms with Crippen molar-refractivity contribution in [3.05, 3.63) is 89.0 Å². The fourth-order valence-electron chi connectivity index (χ4n) is 3.71. The molecule has 0 unspecified atom stereocenters. The van der Waals surface area contributed by atoms with Gasteiger partial charge in [-0.3, -0.25) is 28.8 Å². The first-order valence-corrected chi connectivity index (χ1v) is 13.9. The van der Waals surface area contributed by atoms with E-state index in [0.717, 1.165) is 28.1 Å². The van der Waals surface area contributed by atoms with Gasteiger partial charge in [0.05, 0.1) is 30.5 Å². The van der Waals surface area contributed by atoms with Gasteiger partial charge in [-0.25, -0.2) is 4.79 Å². The molecule has 0 aromatic heterocycles. The van der Waals surface area contributed by atoms with Gasteiger partial charge < -0.3 is 21.1 Å². The summed E-state index contributed by atoms with van der Waals surface area (Å²) in [5, 5.41) is 16.6. The highest BCUT2D eigenvalue weighted by Crippen LogP contribution is 2.17. The van der Waals surface area contributed by atoms with E-state index in [2.05, 4.69) is 16.0 Å². The van der Waals surface area contributed by atoms with E-state index in [4.69, 9.17) is 5.11 Å². The maximum Gasteiger partial charge on any atom is 0.337 e. The summed E-state index contributed by atoms with van der Waals surface area (Å²) in [5.41, 5.74) is 4.87. The summed E-state index contributed by atoms with van der Waals surface area (Å²) in [6.45, 7) is 9.93. The van der Waals surface area contributed by atoms with Crippen LogP contribution in [0, 0.1) is 20.8 Å². The van der Waals surface area contributed by atoms with E-state index in [-0.39, 0.29) is 59.7 Å². The number of aryl methyl sites for hydroxylation is 3. The molecule has 0 saturated carbocycles. The van der Waals surface area contributed by atoms with E-state index in [0.29, 0.717) is 0 Å². The van der Waals surface area contributed by atoms with E-state index < -0.39 is 11.9 Å². The molecule has 0 saturated heterocycles. The second kappa shape index (κ2) is 19.0. The van der Waals surface area contributed by atoms with Gasteiger partial charge in [-0.05, 0) is 76.9 Å². The zero-order valence-electron chi connectivity index (χ0n) is 26.3. The van der Waals surface area contributed by atoms with Gasteiger partial charge in [0.25, 0.3) is 0 Å².